The largest absolute Gasteiger partial charge is 0.299 e. The van der Waals surface area contributed by atoms with Gasteiger partial charge in [0.15, 0.2) is 0 Å². The second-order valence-corrected chi connectivity index (χ2v) is 5.25. The predicted octanol–water partition coefficient (Wildman–Crippen LogP) is 3.54. The van der Waals surface area contributed by atoms with Crippen molar-refractivity contribution in [1.29, 1.82) is 0 Å². The maximum absolute atomic E-state index is 12.1. The van der Waals surface area contributed by atoms with Gasteiger partial charge >= 0.3 is 0 Å². The van der Waals surface area contributed by atoms with Crippen LogP contribution in [0.4, 0.5) is 0 Å². The van der Waals surface area contributed by atoms with E-state index in [9.17, 15) is 4.79 Å². The number of ketones is 1. The van der Waals surface area contributed by atoms with Crippen LogP contribution in [-0.4, -0.2) is 5.78 Å². The molecule has 0 heterocycles. The van der Waals surface area contributed by atoms with Crippen molar-refractivity contribution >= 4 is 5.78 Å². The first-order valence-corrected chi connectivity index (χ1v) is 6.23. The van der Waals surface area contributed by atoms with Crippen molar-refractivity contribution in [2.75, 3.05) is 0 Å². The van der Waals surface area contributed by atoms with Crippen LogP contribution in [0.15, 0.2) is 24.3 Å². The molecule has 1 aromatic rings. The lowest BCUT2D eigenvalue weighted by atomic mass is 9.95. The normalized spacial score (nSPS) is 24.6. The Morgan fingerprint density at radius 3 is 2.81 bits per heavy atom. The number of Topliss-reactive ketones (excluding diaryl/α,β-unsaturated/α-hetero) is 1. The summed E-state index contributed by atoms with van der Waals surface area (Å²) in [7, 11) is 0. The minimum atomic E-state index is 0.329. The van der Waals surface area contributed by atoms with E-state index in [4.69, 9.17) is 0 Å². The van der Waals surface area contributed by atoms with Gasteiger partial charge in [-0.15, -0.1) is 0 Å². The summed E-state index contributed by atoms with van der Waals surface area (Å²) < 4.78 is 0. The fourth-order valence-corrected chi connectivity index (χ4v) is 2.67. The van der Waals surface area contributed by atoms with E-state index in [0.29, 0.717) is 18.1 Å². The summed E-state index contributed by atoms with van der Waals surface area (Å²) in [6, 6.07) is 8.29. The highest BCUT2D eigenvalue weighted by Gasteiger charge is 2.26. The van der Waals surface area contributed by atoms with Crippen molar-refractivity contribution in [2.45, 2.75) is 39.5 Å². The summed E-state index contributed by atoms with van der Waals surface area (Å²) in [6.07, 6.45) is 4.06. The molecular formula is C15H20O. The number of benzene rings is 1. The van der Waals surface area contributed by atoms with E-state index in [1.807, 2.05) is 6.07 Å². The maximum atomic E-state index is 12.1. The van der Waals surface area contributed by atoms with Gasteiger partial charge < -0.3 is 0 Å². The van der Waals surface area contributed by atoms with Crippen molar-refractivity contribution in [3.8, 4) is 0 Å². The summed E-state index contributed by atoms with van der Waals surface area (Å²) in [5.74, 6) is 1.51. The van der Waals surface area contributed by atoms with Crippen molar-refractivity contribution in [2.24, 2.45) is 11.8 Å². The molecule has 0 bridgehead atoms. The molecular weight excluding hydrogens is 196 g/mol. The number of carbonyl (C=O) groups excluding carboxylic acids is 1. The van der Waals surface area contributed by atoms with Crippen LogP contribution in [0.5, 0.6) is 0 Å². The van der Waals surface area contributed by atoms with Crippen LogP contribution in [0, 0.1) is 18.8 Å². The van der Waals surface area contributed by atoms with Gasteiger partial charge in [-0.3, -0.25) is 4.79 Å². The SMILES string of the molecule is Cc1cccc(CC(=O)C2CCC(C)C2)c1. The van der Waals surface area contributed by atoms with Gasteiger partial charge in [-0.2, -0.15) is 0 Å². The first kappa shape index (κ1) is 11.4. The molecule has 1 saturated carbocycles. The third-order valence-electron chi connectivity index (χ3n) is 3.61. The van der Waals surface area contributed by atoms with Gasteiger partial charge in [0.05, 0.1) is 0 Å². The second kappa shape index (κ2) is 4.82. The quantitative estimate of drug-likeness (QED) is 0.755. The Morgan fingerprint density at radius 2 is 2.19 bits per heavy atom. The minimum absolute atomic E-state index is 0.329. The molecule has 0 saturated heterocycles. The fraction of sp³-hybridized carbons (Fsp3) is 0.533. The standard InChI is InChI=1S/C15H20O/c1-11-4-3-5-13(8-11)10-15(16)14-7-6-12(2)9-14/h3-5,8,12,14H,6-7,9-10H2,1-2H3. The Hall–Kier alpha value is -1.11. The van der Waals surface area contributed by atoms with Gasteiger partial charge in [-0.05, 0) is 37.7 Å². The first-order valence-electron chi connectivity index (χ1n) is 6.23. The summed E-state index contributed by atoms with van der Waals surface area (Å²) in [4.78, 5) is 12.1. The number of rotatable bonds is 3. The van der Waals surface area contributed by atoms with Crippen LogP contribution in [0.2, 0.25) is 0 Å². The lowest BCUT2D eigenvalue weighted by Gasteiger charge is -2.08. The van der Waals surface area contributed by atoms with Crippen LogP contribution in [0.3, 0.4) is 0 Å². The van der Waals surface area contributed by atoms with Crippen LogP contribution in [-0.2, 0) is 11.2 Å². The van der Waals surface area contributed by atoms with Crippen molar-refractivity contribution < 1.29 is 4.79 Å². The molecule has 1 aromatic carbocycles. The molecule has 1 nitrogen and oxygen atoms in total. The Labute approximate surface area is 97.9 Å². The number of hydrogen-bond donors (Lipinski definition) is 0. The van der Waals surface area contributed by atoms with Crippen LogP contribution in [0.1, 0.15) is 37.3 Å². The molecule has 2 unspecified atom stereocenters. The van der Waals surface area contributed by atoms with Crippen molar-refractivity contribution in [1.82, 2.24) is 0 Å². The molecule has 2 rings (SSSR count). The fourth-order valence-electron chi connectivity index (χ4n) is 2.67. The number of carbonyl (C=O) groups is 1. The second-order valence-electron chi connectivity index (χ2n) is 5.25. The average molecular weight is 216 g/mol. The lowest BCUT2D eigenvalue weighted by molar-refractivity contribution is -0.122. The topological polar surface area (TPSA) is 17.1 Å². The van der Waals surface area contributed by atoms with Gasteiger partial charge in [-0.25, -0.2) is 0 Å². The van der Waals surface area contributed by atoms with Crippen LogP contribution < -0.4 is 0 Å². The van der Waals surface area contributed by atoms with E-state index < -0.39 is 0 Å². The Morgan fingerprint density at radius 1 is 1.38 bits per heavy atom. The molecule has 1 heteroatoms. The lowest BCUT2D eigenvalue weighted by Crippen LogP contribution is -2.14. The highest BCUT2D eigenvalue weighted by molar-refractivity contribution is 5.83. The molecule has 0 aliphatic heterocycles. The summed E-state index contributed by atoms with van der Waals surface area (Å²) in [5, 5.41) is 0. The van der Waals surface area contributed by atoms with E-state index >= 15 is 0 Å². The van der Waals surface area contributed by atoms with E-state index in [2.05, 4.69) is 32.0 Å². The molecule has 0 aromatic heterocycles. The zero-order valence-corrected chi connectivity index (χ0v) is 10.2. The highest BCUT2D eigenvalue weighted by Crippen LogP contribution is 2.31. The molecule has 1 fully saturated rings. The monoisotopic (exact) mass is 216 g/mol. The highest BCUT2D eigenvalue weighted by atomic mass is 16.1. The molecule has 0 spiro atoms. The smallest absolute Gasteiger partial charge is 0.140 e. The van der Waals surface area contributed by atoms with E-state index in [1.165, 1.54) is 17.5 Å². The Kier molecular flexibility index (Phi) is 3.42. The summed E-state index contributed by atoms with van der Waals surface area (Å²) in [6.45, 7) is 4.32. The number of hydrogen-bond acceptors (Lipinski definition) is 1. The maximum Gasteiger partial charge on any atom is 0.140 e. The molecule has 1 aliphatic carbocycles. The third kappa shape index (κ3) is 2.72. The van der Waals surface area contributed by atoms with Crippen LogP contribution >= 0.6 is 0 Å². The van der Waals surface area contributed by atoms with E-state index in [-0.39, 0.29) is 0 Å². The zero-order chi connectivity index (χ0) is 11.5. The molecule has 0 radical (unpaired) electrons. The van der Waals surface area contributed by atoms with E-state index in [1.54, 1.807) is 0 Å². The molecule has 0 N–H and O–H groups in total. The van der Waals surface area contributed by atoms with Gasteiger partial charge in [-0.1, -0.05) is 36.8 Å². The molecule has 0 amide bonds. The summed E-state index contributed by atoms with van der Waals surface area (Å²) >= 11 is 0. The zero-order valence-electron chi connectivity index (χ0n) is 10.2. The minimum Gasteiger partial charge on any atom is -0.299 e. The average Bonchev–Trinajstić information content (AvgIpc) is 2.65. The molecule has 16 heavy (non-hydrogen) atoms. The number of aryl methyl sites for hydroxylation is 1. The molecule has 86 valence electrons. The first-order chi connectivity index (χ1) is 7.65. The van der Waals surface area contributed by atoms with Crippen molar-refractivity contribution in [3.05, 3.63) is 35.4 Å². The van der Waals surface area contributed by atoms with Crippen LogP contribution in [0.25, 0.3) is 0 Å². The van der Waals surface area contributed by atoms with E-state index in [0.717, 1.165) is 18.8 Å². The molecule has 2 atom stereocenters. The molecule has 1 aliphatic rings. The Balaban J connectivity index is 1.97. The Bertz CT molecular complexity index is 381. The van der Waals surface area contributed by atoms with Gasteiger partial charge in [0.2, 0.25) is 0 Å². The van der Waals surface area contributed by atoms with Gasteiger partial charge in [0.25, 0.3) is 0 Å². The summed E-state index contributed by atoms with van der Waals surface area (Å²) in [5.41, 5.74) is 2.41. The van der Waals surface area contributed by atoms with Gasteiger partial charge in [0.1, 0.15) is 5.78 Å². The van der Waals surface area contributed by atoms with Crippen molar-refractivity contribution in [3.63, 3.8) is 0 Å². The van der Waals surface area contributed by atoms with Gasteiger partial charge in [0, 0.05) is 12.3 Å². The predicted molar refractivity (Wildman–Crippen MR) is 66.4 cm³/mol. The third-order valence-corrected chi connectivity index (χ3v) is 3.61.